The van der Waals surface area contributed by atoms with E-state index in [2.05, 4.69) is 16.0 Å². The summed E-state index contributed by atoms with van der Waals surface area (Å²) in [6, 6.07) is -2.08. The normalized spacial score (nSPS) is 12.1. The van der Waals surface area contributed by atoms with Crippen molar-refractivity contribution < 1.29 is 29.4 Å². The minimum Gasteiger partial charge on any atom is -0.481 e. The van der Waals surface area contributed by atoms with Crippen LogP contribution in [-0.2, 0) is 14.4 Å². The molecule has 0 aromatic carbocycles. The molecule has 21 heavy (non-hydrogen) atoms. The highest BCUT2D eigenvalue weighted by Gasteiger charge is 2.28. The monoisotopic (exact) mass is 303 g/mol. The van der Waals surface area contributed by atoms with Crippen LogP contribution in [0.2, 0.25) is 0 Å². The van der Waals surface area contributed by atoms with Gasteiger partial charge in [0.1, 0.15) is 6.04 Å². The van der Waals surface area contributed by atoms with Gasteiger partial charge in [0.15, 0.2) is 0 Å². The number of urea groups is 1. The molecule has 0 saturated heterocycles. The second-order valence-electron chi connectivity index (χ2n) is 5.11. The first kappa shape index (κ1) is 18.7. The van der Waals surface area contributed by atoms with Gasteiger partial charge in [0.25, 0.3) is 0 Å². The molecule has 0 aliphatic heterocycles. The molecule has 0 fully saturated rings. The molecule has 0 aliphatic carbocycles. The van der Waals surface area contributed by atoms with Crippen LogP contribution in [-0.4, -0.2) is 53.7 Å². The van der Waals surface area contributed by atoms with Gasteiger partial charge in [-0.2, -0.15) is 0 Å². The van der Waals surface area contributed by atoms with Gasteiger partial charge >= 0.3 is 18.0 Å². The predicted octanol–water partition coefficient (Wildman–Crippen LogP) is -0.624. The van der Waals surface area contributed by atoms with E-state index in [1.165, 1.54) is 7.05 Å². The summed E-state index contributed by atoms with van der Waals surface area (Å²) >= 11 is 0. The summed E-state index contributed by atoms with van der Waals surface area (Å²) in [5.41, 5.74) is -0.855. The molecule has 0 saturated carbocycles. The molecule has 0 heterocycles. The number of nitrogens with one attached hydrogen (secondary N) is 3. The van der Waals surface area contributed by atoms with E-state index in [0.717, 1.165) is 0 Å². The second-order valence-corrected chi connectivity index (χ2v) is 5.11. The van der Waals surface area contributed by atoms with Crippen LogP contribution < -0.4 is 16.0 Å². The molecule has 0 rings (SSSR count). The molecule has 0 aromatic rings. The first-order valence-corrected chi connectivity index (χ1v) is 6.31. The van der Waals surface area contributed by atoms with Crippen LogP contribution in [0.5, 0.6) is 0 Å². The van der Waals surface area contributed by atoms with E-state index in [1.54, 1.807) is 13.8 Å². The summed E-state index contributed by atoms with van der Waals surface area (Å²) in [4.78, 5) is 44.4. The van der Waals surface area contributed by atoms with Crippen molar-refractivity contribution in [2.75, 3.05) is 13.6 Å². The third-order valence-corrected chi connectivity index (χ3v) is 2.78. The lowest BCUT2D eigenvalue weighted by Gasteiger charge is -2.23. The molecule has 3 amide bonds. The summed E-state index contributed by atoms with van der Waals surface area (Å²) in [6.45, 7) is 3.24. The zero-order chi connectivity index (χ0) is 16.6. The lowest BCUT2D eigenvalue weighted by atomic mass is 9.92. The third kappa shape index (κ3) is 7.14. The summed E-state index contributed by atoms with van der Waals surface area (Å²) < 4.78 is 0. The predicted molar refractivity (Wildman–Crippen MR) is 72.7 cm³/mol. The van der Waals surface area contributed by atoms with Gasteiger partial charge in [0, 0.05) is 20.0 Å². The molecule has 120 valence electrons. The summed E-state index contributed by atoms with van der Waals surface area (Å²) in [5.74, 6) is -2.75. The minimum absolute atomic E-state index is 0.00375. The molecule has 9 heteroatoms. The lowest BCUT2D eigenvalue weighted by molar-refractivity contribution is -0.140. The second kappa shape index (κ2) is 8.08. The van der Waals surface area contributed by atoms with Gasteiger partial charge in [-0.3, -0.25) is 9.59 Å². The molecular formula is C12H21N3O6. The van der Waals surface area contributed by atoms with Crippen molar-refractivity contribution in [3.8, 4) is 0 Å². The fourth-order valence-electron chi connectivity index (χ4n) is 1.45. The Morgan fingerprint density at radius 3 is 2.14 bits per heavy atom. The van der Waals surface area contributed by atoms with Gasteiger partial charge in [0.2, 0.25) is 5.91 Å². The van der Waals surface area contributed by atoms with Crippen molar-refractivity contribution in [2.45, 2.75) is 32.7 Å². The molecule has 0 unspecified atom stereocenters. The smallest absolute Gasteiger partial charge is 0.326 e. The average molecular weight is 303 g/mol. The van der Waals surface area contributed by atoms with E-state index < -0.39 is 29.4 Å². The molecule has 5 N–H and O–H groups in total. The van der Waals surface area contributed by atoms with Gasteiger partial charge < -0.3 is 26.2 Å². The maximum absolute atomic E-state index is 11.6. The highest BCUT2D eigenvalue weighted by molar-refractivity contribution is 5.85. The van der Waals surface area contributed by atoms with E-state index >= 15 is 0 Å². The van der Waals surface area contributed by atoms with Crippen molar-refractivity contribution in [1.29, 1.82) is 0 Å². The van der Waals surface area contributed by atoms with Crippen LogP contribution in [0.15, 0.2) is 0 Å². The largest absolute Gasteiger partial charge is 0.481 e. The van der Waals surface area contributed by atoms with Crippen molar-refractivity contribution >= 4 is 23.9 Å². The molecule has 0 aromatic heterocycles. The van der Waals surface area contributed by atoms with E-state index in [0.29, 0.717) is 0 Å². The Hall–Kier alpha value is -2.32. The third-order valence-electron chi connectivity index (χ3n) is 2.78. The van der Waals surface area contributed by atoms with Crippen molar-refractivity contribution in [3.63, 3.8) is 0 Å². The fraction of sp³-hybridized carbons (Fsp3) is 0.667. The Bertz CT molecular complexity index is 421. The van der Waals surface area contributed by atoms with Crippen LogP contribution in [0.4, 0.5) is 4.79 Å². The molecule has 9 nitrogen and oxygen atoms in total. The fourth-order valence-corrected chi connectivity index (χ4v) is 1.45. The molecule has 0 aliphatic rings. The van der Waals surface area contributed by atoms with Crippen molar-refractivity contribution in [3.05, 3.63) is 0 Å². The van der Waals surface area contributed by atoms with Crippen LogP contribution >= 0.6 is 0 Å². The highest BCUT2D eigenvalue weighted by Crippen LogP contribution is 2.12. The molecule has 0 spiro atoms. The van der Waals surface area contributed by atoms with Gasteiger partial charge in [-0.15, -0.1) is 0 Å². The van der Waals surface area contributed by atoms with E-state index in [4.69, 9.17) is 10.2 Å². The Kier molecular flexibility index (Phi) is 7.18. The van der Waals surface area contributed by atoms with E-state index in [9.17, 15) is 19.2 Å². The first-order valence-electron chi connectivity index (χ1n) is 6.31. The zero-order valence-electron chi connectivity index (χ0n) is 12.2. The zero-order valence-corrected chi connectivity index (χ0v) is 12.2. The number of carboxylic acids is 2. The standard InChI is InChI=1S/C12H21N3O6/c1-12(2,10(20)13-3)6-14-11(21)15-7(9(18)19)4-5-8(16)17/h7H,4-6H2,1-3H3,(H,13,20)(H,16,17)(H,18,19)(H2,14,15,21)/t7-/m0/s1. The Balaban J connectivity index is 4.42. The summed E-state index contributed by atoms with van der Waals surface area (Å²) in [7, 11) is 1.47. The van der Waals surface area contributed by atoms with Gasteiger partial charge in [0.05, 0.1) is 5.41 Å². The number of carbonyl (C=O) groups excluding carboxylic acids is 2. The Labute approximate surface area is 122 Å². The number of carboxylic acid groups (broad SMARTS) is 2. The topological polar surface area (TPSA) is 145 Å². The SMILES string of the molecule is CNC(=O)C(C)(C)CNC(=O)N[C@@H](CCC(=O)O)C(=O)O. The minimum atomic E-state index is -1.32. The number of hydrogen-bond acceptors (Lipinski definition) is 4. The quantitative estimate of drug-likeness (QED) is 0.404. The number of carbonyl (C=O) groups is 4. The maximum Gasteiger partial charge on any atom is 0.326 e. The number of aliphatic carboxylic acids is 2. The van der Waals surface area contributed by atoms with Crippen LogP contribution in [0.1, 0.15) is 26.7 Å². The Morgan fingerprint density at radius 1 is 1.14 bits per heavy atom. The Morgan fingerprint density at radius 2 is 1.71 bits per heavy atom. The lowest BCUT2D eigenvalue weighted by Crippen LogP contribution is -2.50. The molecule has 1 atom stereocenters. The van der Waals surface area contributed by atoms with Crippen LogP contribution in [0, 0.1) is 5.41 Å². The van der Waals surface area contributed by atoms with Crippen molar-refractivity contribution in [1.82, 2.24) is 16.0 Å². The van der Waals surface area contributed by atoms with Gasteiger partial charge in [-0.05, 0) is 20.3 Å². The van der Waals surface area contributed by atoms with Crippen LogP contribution in [0.25, 0.3) is 0 Å². The maximum atomic E-state index is 11.6. The summed E-state index contributed by atoms with van der Waals surface area (Å²) in [6.07, 6.45) is -0.599. The van der Waals surface area contributed by atoms with Crippen LogP contribution in [0.3, 0.4) is 0 Å². The number of hydrogen-bond donors (Lipinski definition) is 5. The van der Waals surface area contributed by atoms with Gasteiger partial charge in [-0.25, -0.2) is 9.59 Å². The number of amides is 3. The van der Waals surface area contributed by atoms with Gasteiger partial charge in [-0.1, -0.05) is 0 Å². The average Bonchev–Trinajstić information content (AvgIpc) is 2.39. The molecular weight excluding hydrogens is 282 g/mol. The van der Waals surface area contributed by atoms with E-state index in [-0.39, 0.29) is 25.3 Å². The molecule has 0 bridgehead atoms. The molecule has 0 radical (unpaired) electrons. The van der Waals surface area contributed by atoms with E-state index in [1.807, 2.05) is 0 Å². The highest BCUT2D eigenvalue weighted by atomic mass is 16.4. The van der Waals surface area contributed by atoms with Crippen molar-refractivity contribution in [2.24, 2.45) is 5.41 Å². The number of rotatable bonds is 8. The summed E-state index contributed by atoms with van der Waals surface area (Å²) in [5, 5.41) is 24.4. The first-order chi connectivity index (χ1) is 9.60.